The molecule has 140 valence electrons. The molecule has 2 amide bonds. The van der Waals surface area contributed by atoms with E-state index in [9.17, 15) is 14.0 Å². The van der Waals surface area contributed by atoms with Gasteiger partial charge in [0.05, 0.1) is 12.0 Å². The Kier molecular flexibility index (Phi) is 4.45. The SMILES string of the molecule is CN1CCc2c(sc(NC(=O)Cc3c[nH]c4ccc(F)cc34)c2C(N)=O)C1. The van der Waals surface area contributed by atoms with Crippen molar-refractivity contribution in [3.05, 3.63) is 51.8 Å². The molecule has 0 aliphatic carbocycles. The van der Waals surface area contributed by atoms with Gasteiger partial charge in [-0.1, -0.05) is 0 Å². The molecule has 8 heteroatoms. The summed E-state index contributed by atoms with van der Waals surface area (Å²) in [7, 11) is 2.01. The van der Waals surface area contributed by atoms with Gasteiger partial charge in [-0.15, -0.1) is 11.3 Å². The van der Waals surface area contributed by atoms with Crippen molar-refractivity contribution in [2.24, 2.45) is 5.73 Å². The second-order valence-electron chi connectivity index (χ2n) is 6.79. The Morgan fingerprint density at radius 2 is 2.22 bits per heavy atom. The molecule has 0 radical (unpaired) electrons. The summed E-state index contributed by atoms with van der Waals surface area (Å²) in [5.74, 6) is -1.15. The molecule has 4 rings (SSSR count). The first kappa shape index (κ1) is 17.7. The van der Waals surface area contributed by atoms with Gasteiger partial charge in [-0.3, -0.25) is 9.59 Å². The lowest BCUT2D eigenvalue weighted by Gasteiger charge is -2.22. The number of nitrogens with one attached hydrogen (secondary N) is 2. The minimum Gasteiger partial charge on any atom is -0.365 e. The molecule has 0 fully saturated rings. The summed E-state index contributed by atoms with van der Waals surface area (Å²) >= 11 is 1.40. The van der Waals surface area contributed by atoms with Crippen molar-refractivity contribution in [2.75, 3.05) is 18.9 Å². The van der Waals surface area contributed by atoms with Crippen LogP contribution in [0.3, 0.4) is 0 Å². The van der Waals surface area contributed by atoms with Crippen LogP contribution in [0.15, 0.2) is 24.4 Å². The summed E-state index contributed by atoms with van der Waals surface area (Å²) in [4.78, 5) is 30.8. The van der Waals surface area contributed by atoms with Crippen LogP contribution in [-0.2, 0) is 24.2 Å². The van der Waals surface area contributed by atoms with Gasteiger partial charge in [0.1, 0.15) is 10.8 Å². The maximum atomic E-state index is 13.5. The quantitative estimate of drug-likeness (QED) is 0.644. The van der Waals surface area contributed by atoms with E-state index in [4.69, 9.17) is 5.73 Å². The fourth-order valence-electron chi connectivity index (χ4n) is 3.52. The Morgan fingerprint density at radius 3 is 3.00 bits per heavy atom. The van der Waals surface area contributed by atoms with Crippen LogP contribution in [0.25, 0.3) is 10.9 Å². The minimum atomic E-state index is -0.526. The molecule has 2 aromatic heterocycles. The zero-order valence-corrected chi connectivity index (χ0v) is 15.6. The molecule has 0 unspecified atom stereocenters. The lowest BCUT2D eigenvalue weighted by atomic mass is 10.0. The van der Waals surface area contributed by atoms with Crippen molar-refractivity contribution in [1.82, 2.24) is 9.88 Å². The van der Waals surface area contributed by atoms with Gasteiger partial charge < -0.3 is 20.9 Å². The number of likely N-dealkylation sites (N-methyl/N-ethyl adjacent to an activating group) is 1. The number of halogens is 1. The summed E-state index contributed by atoms with van der Waals surface area (Å²) in [6, 6.07) is 4.42. The van der Waals surface area contributed by atoms with E-state index >= 15 is 0 Å². The monoisotopic (exact) mass is 386 g/mol. The number of rotatable bonds is 4. The number of benzene rings is 1. The molecule has 27 heavy (non-hydrogen) atoms. The number of fused-ring (bicyclic) bond motifs is 2. The Morgan fingerprint density at radius 1 is 1.41 bits per heavy atom. The highest BCUT2D eigenvalue weighted by molar-refractivity contribution is 7.17. The van der Waals surface area contributed by atoms with E-state index in [2.05, 4.69) is 15.2 Å². The summed E-state index contributed by atoms with van der Waals surface area (Å²) in [5, 5.41) is 4.01. The maximum Gasteiger partial charge on any atom is 0.251 e. The normalized spacial score (nSPS) is 14.3. The van der Waals surface area contributed by atoms with Crippen molar-refractivity contribution in [1.29, 1.82) is 0 Å². The maximum absolute atomic E-state index is 13.5. The number of amides is 2. The third-order valence-electron chi connectivity index (χ3n) is 4.83. The van der Waals surface area contributed by atoms with Crippen molar-refractivity contribution in [3.8, 4) is 0 Å². The summed E-state index contributed by atoms with van der Waals surface area (Å²) < 4.78 is 13.5. The Labute approximate surface area is 159 Å². The minimum absolute atomic E-state index is 0.0735. The van der Waals surface area contributed by atoms with Crippen molar-refractivity contribution >= 4 is 39.1 Å². The van der Waals surface area contributed by atoms with Crippen LogP contribution in [0.1, 0.15) is 26.4 Å². The standard InChI is InChI=1S/C19H19FN4O2S/c1-24-5-4-12-15(9-24)27-19(17(12)18(21)26)23-16(25)6-10-8-22-14-3-2-11(20)7-13(10)14/h2-3,7-8,22H,4-6,9H2,1H3,(H2,21,26)(H,23,25). The summed E-state index contributed by atoms with van der Waals surface area (Å²) in [6.07, 6.45) is 2.51. The highest BCUT2D eigenvalue weighted by atomic mass is 32.1. The topological polar surface area (TPSA) is 91.2 Å². The third kappa shape index (κ3) is 3.33. The van der Waals surface area contributed by atoms with Gasteiger partial charge in [-0.05, 0) is 42.8 Å². The molecule has 3 heterocycles. The van der Waals surface area contributed by atoms with E-state index < -0.39 is 5.91 Å². The van der Waals surface area contributed by atoms with Crippen LogP contribution in [0.2, 0.25) is 0 Å². The number of thiophene rings is 1. The molecule has 3 aromatic rings. The Hall–Kier alpha value is -2.71. The lowest BCUT2D eigenvalue weighted by molar-refractivity contribution is -0.115. The number of carbonyl (C=O) groups is 2. The third-order valence-corrected chi connectivity index (χ3v) is 5.96. The zero-order valence-electron chi connectivity index (χ0n) is 14.8. The van der Waals surface area contributed by atoms with Crippen LogP contribution in [0, 0.1) is 5.82 Å². The molecule has 6 nitrogen and oxygen atoms in total. The van der Waals surface area contributed by atoms with Crippen LogP contribution in [-0.4, -0.2) is 35.3 Å². The van der Waals surface area contributed by atoms with Crippen molar-refractivity contribution < 1.29 is 14.0 Å². The molecule has 0 saturated heterocycles. The fourth-order valence-corrected chi connectivity index (χ4v) is 4.87. The molecule has 1 aliphatic rings. The summed E-state index contributed by atoms with van der Waals surface area (Å²) in [5.41, 5.74) is 8.40. The van der Waals surface area contributed by atoms with E-state index in [0.717, 1.165) is 35.5 Å². The van der Waals surface area contributed by atoms with Gasteiger partial charge >= 0.3 is 0 Å². The molecule has 1 aromatic carbocycles. The van der Waals surface area contributed by atoms with E-state index in [0.29, 0.717) is 21.5 Å². The van der Waals surface area contributed by atoms with Crippen LogP contribution >= 0.6 is 11.3 Å². The lowest BCUT2D eigenvalue weighted by Crippen LogP contribution is -2.27. The molecular weight excluding hydrogens is 367 g/mol. The van der Waals surface area contributed by atoms with Gasteiger partial charge in [0.15, 0.2) is 0 Å². The first-order valence-corrected chi connectivity index (χ1v) is 9.42. The second-order valence-corrected chi connectivity index (χ2v) is 7.89. The van der Waals surface area contributed by atoms with Gasteiger partial charge in [0, 0.05) is 35.1 Å². The second kappa shape index (κ2) is 6.79. The number of nitrogens with zero attached hydrogens (tertiary/aromatic N) is 1. The van der Waals surface area contributed by atoms with Crippen LogP contribution < -0.4 is 11.1 Å². The smallest absolute Gasteiger partial charge is 0.251 e. The average Bonchev–Trinajstić information content (AvgIpc) is 3.15. The molecule has 1 aliphatic heterocycles. The number of nitrogens with two attached hydrogens (primary N) is 1. The molecule has 0 saturated carbocycles. The highest BCUT2D eigenvalue weighted by Crippen LogP contribution is 2.36. The van der Waals surface area contributed by atoms with E-state index in [-0.39, 0.29) is 18.1 Å². The van der Waals surface area contributed by atoms with Crippen LogP contribution in [0.4, 0.5) is 9.39 Å². The van der Waals surface area contributed by atoms with Gasteiger partial charge in [-0.25, -0.2) is 4.39 Å². The first-order chi connectivity index (χ1) is 12.9. The molecular formula is C19H19FN4O2S. The number of hydrogen-bond acceptors (Lipinski definition) is 4. The molecule has 0 bridgehead atoms. The predicted octanol–water partition coefficient (Wildman–Crippen LogP) is 2.64. The number of H-pyrrole nitrogens is 1. The summed E-state index contributed by atoms with van der Waals surface area (Å²) in [6.45, 7) is 1.58. The van der Waals surface area contributed by atoms with Crippen LogP contribution in [0.5, 0.6) is 0 Å². The van der Waals surface area contributed by atoms with E-state index in [1.54, 1.807) is 12.3 Å². The van der Waals surface area contributed by atoms with Gasteiger partial charge in [0.2, 0.25) is 5.91 Å². The van der Waals surface area contributed by atoms with Crippen molar-refractivity contribution in [2.45, 2.75) is 19.4 Å². The Bertz CT molecular complexity index is 1060. The number of hydrogen-bond donors (Lipinski definition) is 3. The molecule has 0 atom stereocenters. The van der Waals surface area contributed by atoms with Crippen molar-refractivity contribution in [3.63, 3.8) is 0 Å². The fraction of sp³-hybridized carbons (Fsp3) is 0.263. The zero-order chi connectivity index (χ0) is 19.1. The number of aromatic amines is 1. The first-order valence-electron chi connectivity index (χ1n) is 8.60. The van der Waals surface area contributed by atoms with E-state index in [1.807, 2.05) is 7.05 Å². The number of carbonyl (C=O) groups excluding carboxylic acids is 2. The molecule has 0 spiro atoms. The van der Waals surface area contributed by atoms with Gasteiger partial charge in [0.25, 0.3) is 5.91 Å². The predicted molar refractivity (Wildman–Crippen MR) is 103 cm³/mol. The average molecular weight is 386 g/mol. The van der Waals surface area contributed by atoms with Gasteiger partial charge in [-0.2, -0.15) is 0 Å². The number of anilines is 1. The number of primary amides is 1. The largest absolute Gasteiger partial charge is 0.365 e. The number of aromatic nitrogens is 1. The molecule has 4 N–H and O–H groups in total. The Balaban J connectivity index is 1.59. The van der Waals surface area contributed by atoms with E-state index in [1.165, 1.54) is 23.5 Å². The highest BCUT2D eigenvalue weighted by Gasteiger charge is 2.26.